The van der Waals surface area contributed by atoms with E-state index in [-0.39, 0.29) is 12.7 Å². The van der Waals surface area contributed by atoms with Gasteiger partial charge in [-0.15, -0.1) is 0 Å². The molecule has 3 heteroatoms. The molecular weight excluding hydrogens is 157 g/mol. The van der Waals surface area contributed by atoms with Crippen LogP contribution in [0.15, 0.2) is 0 Å². The lowest BCUT2D eigenvalue weighted by molar-refractivity contribution is -0.0250. The van der Waals surface area contributed by atoms with Crippen molar-refractivity contribution in [2.75, 3.05) is 19.7 Å². The summed E-state index contributed by atoms with van der Waals surface area (Å²) in [5.74, 6) is 0. The fraction of sp³-hybridized carbons (Fsp3) is 1.00. The molecule has 72 valence electrons. The third-order valence-corrected chi connectivity index (χ3v) is 2.10. The van der Waals surface area contributed by atoms with E-state index in [0.29, 0.717) is 13.0 Å². The van der Waals surface area contributed by atoms with Crippen molar-refractivity contribution < 1.29 is 9.13 Å². The molecule has 0 aliphatic carbocycles. The summed E-state index contributed by atoms with van der Waals surface area (Å²) in [7, 11) is 0. The van der Waals surface area contributed by atoms with Crippen molar-refractivity contribution in [3.05, 3.63) is 0 Å². The van der Waals surface area contributed by atoms with Gasteiger partial charge in [0.05, 0.1) is 12.7 Å². The zero-order chi connectivity index (χ0) is 9.03. The summed E-state index contributed by atoms with van der Waals surface area (Å²) in [6.07, 6.45) is 1.67. The van der Waals surface area contributed by atoms with Gasteiger partial charge in [-0.2, -0.15) is 0 Å². The van der Waals surface area contributed by atoms with E-state index in [9.17, 15) is 4.39 Å². The van der Waals surface area contributed by atoms with Crippen molar-refractivity contribution in [1.82, 2.24) is 5.32 Å². The largest absolute Gasteiger partial charge is 0.375 e. The van der Waals surface area contributed by atoms with Gasteiger partial charge in [-0.25, -0.2) is 4.39 Å². The Morgan fingerprint density at radius 2 is 2.33 bits per heavy atom. The van der Waals surface area contributed by atoms with Gasteiger partial charge < -0.3 is 10.1 Å². The summed E-state index contributed by atoms with van der Waals surface area (Å²) < 4.78 is 19.0. The van der Waals surface area contributed by atoms with Crippen LogP contribution in [0.5, 0.6) is 0 Å². The van der Waals surface area contributed by atoms with E-state index in [0.717, 1.165) is 13.0 Å². The molecule has 1 saturated heterocycles. The Morgan fingerprint density at radius 1 is 1.58 bits per heavy atom. The van der Waals surface area contributed by atoms with Crippen LogP contribution in [0.4, 0.5) is 4.39 Å². The molecule has 2 nitrogen and oxygen atoms in total. The van der Waals surface area contributed by atoms with Crippen molar-refractivity contribution in [2.24, 2.45) is 0 Å². The predicted molar refractivity (Wildman–Crippen MR) is 47.0 cm³/mol. The van der Waals surface area contributed by atoms with Crippen LogP contribution in [0.3, 0.4) is 0 Å². The fourth-order valence-electron chi connectivity index (χ4n) is 1.37. The van der Waals surface area contributed by atoms with E-state index in [2.05, 4.69) is 5.32 Å². The Kier molecular flexibility index (Phi) is 3.47. The number of hydrogen-bond acceptors (Lipinski definition) is 2. The lowest BCUT2D eigenvalue weighted by Crippen LogP contribution is -2.45. The highest BCUT2D eigenvalue weighted by Crippen LogP contribution is 2.21. The van der Waals surface area contributed by atoms with Gasteiger partial charge in [0.15, 0.2) is 0 Å². The minimum absolute atomic E-state index is 0.125. The van der Waals surface area contributed by atoms with E-state index in [1.807, 2.05) is 13.8 Å². The highest BCUT2D eigenvalue weighted by molar-refractivity contribution is 4.85. The van der Waals surface area contributed by atoms with Crippen LogP contribution in [0, 0.1) is 0 Å². The molecule has 0 spiro atoms. The van der Waals surface area contributed by atoms with Crippen molar-refractivity contribution in [3.63, 3.8) is 0 Å². The Morgan fingerprint density at radius 3 is 2.83 bits per heavy atom. The predicted octanol–water partition coefficient (Wildman–Crippen LogP) is 1.50. The second-order valence-electron chi connectivity index (χ2n) is 3.79. The molecule has 1 heterocycles. The fourth-order valence-corrected chi connectivity index (χ4v) is 1.37. The maximum Gasteiger partial charge on any atom is 0.146 e. The first kappa shape index (κ1) is 9.93. The molecule has 12 heavy (non-hydrogen) atoms. The third kappa shape index (κ3) is 3.07. The molecule has 1 fully saturated rings. The summed E-state index contributed by atoms with van der Waals surface area (Å²) in [5, 5.41) is 3.04. The van der Waals surface area contributed by atoms with Crippen LogP contribution >= 0.6 is 0 Å². The van der Waals surface area contributed by atoms with Gasteiger partial charge in [-0.05, 0) is 33.2 Å². The average molecular weight is 175 g/mol. The highest BCUT2D eigenvalue weighted by atomic mass is 19.1. The van der Waals surface area contributed by atoms with Gasteiger partial charge in [0.1, 0.15) is 5.67 Å². The molecule has 1 aliphatic rings. The molecule has 0 aromatic rings. The molecule has 0 bridgehead atoms. The maximum absolute atomic E-state index is 13.7. The molecule has 0 radical (unpaired) electrons. The van der Waals surface area contributed by atoms with Crippen LogP contribution in [-0.2, 0) is 4.74 Å². The molecule has 1 unspecified atom stereocenters. The molecule has 0 aromatic carbocycles. The monoisotopic (exact) mass is 175 g/mol. The van der Waals surface area contributed by atoms with Gasteiger partial charge in [0.2, 0.25) is 0 Å². The number of rotatable bonds is 3. The van der Waals surface area contributed by atoms with Gasteiger partial charge in [0, 0.05) is 6.54 Å². The molecule has 0 amide bonds. The SMILES string of the molecule is CC(C)OCC1(F)CCCNC1. The minimum atomic E-state index is -1.12. The van der Waals surface area contributed by atoms with Crippen LogP contribution in [0.1, 0.15) is 26.7 Å². The average Bonchev–Trinajstić information content (AvgIpc) is 2.03. The molecule has 1 N–H and O–H groups in total. The van der Waals surface area contributed by atoms with Crippen LogP contribution in [-0.4, -0.2) is 31.5 Å². The molecule has 0 saturated carbocycles. The minimum Gasteiger partial charge on any atom is -0.375 e. The molecule has 0 aromatic heterocycles. The van der Waals surface area contributed by atoms with E-state index >= 15 is 0 Å². The van der Waals surface area contributed by atoms with Crippen molar-refractivity contribution in [3.8, 4) is 0 Å². The Labute approximate surface area is 73.5 Å². The zero-order valence-corrected chi connectivity index (χ0v) is 7.90. The quantitative estimate of drug-likeness (QED) is 0.702. The van der Waals surface area contributed by atoms with Crippen LogP contribution < -0.4 is 5.32 Å². The summed E-state index contributed by atoms with van der Waals surface area (Å²) >= 11 is 0. The van der Waals surface area contributed by atoms with Gasteiger partial charge >= 0.3 is 0 Å². The van der Waals surface area contributed by atoms with E-state index in [1.54, 1.807) is 0 Å². The van der Waals surface area contributed by atoms with E-state index < -0.39 is 5.67 Å². The second kappa shape index (κ2) is 4.19. The summed E-state index contributed by atoms with van der Waals surface area (Å²) in [6.45, 7) is 5.48. The Hall–Kier alpha value is -0.150. The first-order valence-corrected chi connectivity index (χ1v) is 4.64. The van der Waals surface area contributed by atoms with Gasteiger partial charge in [-0.3, -0.25) is 0 Å². The first-order chi connectivity index (χ1) is 5.62. The van der Waals surface area contributed by atoms with Crippen LogP contribution in [0.25, 0.3) is 0 Å². The Bertz CT molecular complexity index is 132. The topological polar surface area (TPSA) is 21.3 Å². The summed E-state index contributed by atoms with van der Waals surface area (Å²) in [6, 6.07) is 0. The molecule has 1 aliphatic heterocycles. The number of alkyl halides is 1. The number of ether oxygens (including phenoxy) is 1. The van der Waals surface area contributed by atoms with Gasteiger partial charge in [0.25, 0.3) is 0 Å². The molecule has 1 rings (SSSR count). The van der Waals surface area contributed by atoms with E-state index in [1.165, 1.54) is 0 Å². The lowest BCUT2D eigenvalue weighted by atomic mass is 9.97. The van der Waals surface area contributed by atoms with Crippen molar-refractivity contribution in [2.45, 2.75) is 38.5 Å². The normalized spacial score (nSPS) is 31.0. The maximum atomic E-state index is 13.7. The number of piperidine rings is 1. The summed E-state index contributed by atoms with van der Waals surface area (Å²) in [4.78, 5) is 0. The van der Waals surface area contributed by atoms with Crippen molar-refractivity contribution >= 4 is 0 Å². The van der Waals surface area contributed by atoms with Crippen LogP contribution in [0.2, 0.25) is 0 Å². The number of hydrogen-bond donors (Lipinski definition) is 1. The molecular formula is C9H18FNO. The third-order valence-electron chi connectivity index (χ3n) is 2.10. The standard InChI is InChI=1S/C9H18FNO/c1-8(2)12-7-9(10)4-3-5-11-6-9/h8,11H,3-7H2,1-2H3. The highest BCUT2D eigenvalue weighted by Gasteiger charge is 2.32. The van der Waals surface area contributed by atoms with Gasteiger partial charge in [-0.1, -0.05) is 0 Å². The summed E-state index contributed by atoms with van der Waals surface area (Å²) in [5.41, 5.74) is -1.12. The number of halogens is 1. The first-order valence-electron chi connectivity index (χ1n) is 4.64. The molecule has 1 atom stereocenters. The Balaban J connectivity index is 2.26. The lowest BCUT2D eigenvalue weighted by Gasteiger charge is -2.30. The van der Waals surface area contributed by atoms with Crippen molar-refractivity contribution in [1.29, 1.82) is 0 Å². The smallest absolute Gasteiger partial charge is 0.146 e. The second-order valence-corrected chi connectivity index (χ2v) is 3.79. The van der Waals surface area contributed by atoms with E-state index in [4.69, 9.17) is 4.74 Å². The zero-order valence-electron chi connectivity index (χ0n) is 7.90. The number of nitrogens with one attached hydrogen (secondary N) is 1.